The molecule has 1 saturated heterocycles. The van der Waals surface area contributed by atoms with Crippen LogP contribution in [0.4, 0.5) is 5.69 Å². The number of β-amino-alcohol motifs (C(OH)–C–C–N with tert-alkyl or cyclic N) is 1. The third kappa shape index (κ3) is 3.54. The van der Waals surface area contributed by atoms with Crippen LogP contribution in [0.15, 0.2) is 22.7 Å². The van der Waals surface area contributed by atoms with Crippen LogP contribution in [0.5, 0.6) is 0 Å². The van der Waals surface area contributed by atoms with Crippen molar-refractivity contribution in [3.05, 3.63) is 28.2 Å². The summed E-state index contributed by atoms with van der Waals surface area (Å²) in [6.45, 7) is 3.67. The molecule has 2 N–H and O–H groups in total. The molecule has 1 amide bonds. The first-order valence-corrected chi connectivity index (χ1v) is 6.80. The van der Waals surface area contributed by atoms with E-state index in [0.717, 1.165) is 28.7 Å². The molecular formula is C13H17BrN2O2. The van der Waals surface area contributed by atoms with Gasteiger partial charge >= 0.3 is 0 Å². The monoisotopic (exact) mass is 312 g/mol. The Morgan fingerprint density at radius 2 is 2.39 bits per heavy atom. The number of carbonyl (C=O) groups is 1. The third-order valence-corrected chi connectivity index (χ3v) is 3.57. The second kappa shape index (κ2) is 5.82. The molecule has 4 nitrogen and oxygen atoms in total. The largest absolute Gasteiger partial charge is 0.392 e. The Bertz CT molecular complexity index is 451. The van der Waals surface area contributed by atoms with E-state index in [2.05, 4.69) is 21.2 Å². The molecule has 1 fully saturated rings. The van der Waals surface area contributed by atoms with Gasteiger partial charge in [0.15, 0.2) is 0 Å². The molecule has 1 aromatic carbocycles. The number of nitrogens with zero attached hydrogens (tertiary/aromatic N) is 1. The number of aryl methyl sites for hydroxylation is 1. The van der Waals surface area contributed by atoms with Gasteiger partial charge in [-0.05, 0) is 37.1 Å². The lowest BCUT2D eigenvalue weighted by Crippen LogP contribution is -2.32. The first-order chi connectivity index (χ1) is 8.54. The summed E-state index contributed by atoms with van der Waals surface area (Å²) in [7, 11) is 0. The van der Waals surface area contributed by atoms with Gasteiger partial charge in [-0.3, -0.25) is 9.69 Å². The maximum atomic E-state index is 11.9. The van der Waals surface area contributed by atoms with E-state index >= 15 is 0 Å². The van der Waals surface area contributed by atoms with Crippen molar-refractivity contribution < 1.29 is 9.90 Å². The molecule has 1 heterocycles. The molecule has 1 atom stereocenters. The highest BCUT2D eigenvalue weighted by Gasteiger charge is 2.22. The lowest BCUT2D eigenvalue weighted by atomic mass is 10.2. The smallest absolute Gasteiger partial charge is 0.238 e. The normalized spacial score (nSPS) is 20.1. The van der Waals surface area contributed by atoms with Crippen molar-refractivity contribution in [1.82, 2.24) is 4.90 Å². The zero-order valence-corrected chi connectivity index (χ0v) is 11.9. The Kier molecular flexibility index (Phi) is 4.37. The van der Waals surface area contributed by atoms with Gasteiger partial charge in [0.25, 0.3) is 0 Å². The molecule has 1 aliphatic heterocycles. The summed E-state index contributed by atoms with van der Waals surface area (Å²) in [6.07, 6.45) is 0.470. The van der Waals surface area contributed by atoms with Crippen molar-refractivity contribution in [2.24, 2.45) is 0 Å². The van der Waals surface area contributed by atoms with E-state index in [1.807, 2.05) is 30.0 Å². The van der Waals surface area contributed by atoms with Crippen LogP contribution in [0.25, 0.3) is 0 Å². The molecule has 1 unspecified atom stereocenters. The van der Waals surface area contributed by atoms with Gasteiger partial charge in [-0.1, -0.05) is 15.9 Å². The van der Waals surface area contributed by atoms with E-state index in [1.54, 1.807) is 0 Å². The maximum Gasteiger partial charge on any atom is 0.238 e. The highest BCUT2D eigenvalue weighted by molar-refractivity contribution is 9.10. The number of hydrogen-bond donors (Lipinski definition) is 2. The highest BCUT2D eigenvalue weighted by Crippen LogP contribution is 2.20. The number of benzene rings is 1. The Labute approximate surface area is 115 Å². The molecule has 1 aliphatic rings. The van der Waals surface area contributed by atoms with Crippen LogP contribution in [0, 0.1) is 6.92 Å². The second-order valence-electron chi connectivity index (χ2n) is 4.69. The summed E-state index contributed by atoms with van der Waals surface area (Å²) in [6, 6.07) is 5.76. The molecule has 5 heteroatoms. The SMILES string of the molecule is Cc1cc(Br)ccc1NC(=O)CN1CCC(O)C1. The number of hydrogen-bond acceptors (Lipinski definition) is 3. The quantitative estimate of drug-likeness (QED) is 0.894. The molecule has 2 rings (SSSR count). The fourth-order valence-corrected chi connectivity index (χ4v) is 2.59. The van der Waals surface area contributed by atoms with Crippen LogP contribution >= 0.6 is 15.9 Å². The first-order valence-electron chi connectivity index (χ1n) is 6.01. The number of amides is 1. The third-order valence-electron chi connectivity index (χ3n) is 3.08. The lowest BCUT2D eigenvalue weighted by molar-refractivity contribution is -0.117. The Morgan fingerprint density at radius 1 is 1.61 bits per heavy atom. The minimum Gasteiger partial charge on any atom is -0.392 e. The summed E-state index contributed by atoms with van der Waals surface area (Å²) in [5.41, 5.74) is 1.86. The average Bonchev–Trinajstić information content (AvgIpc) is 2.68. The van der Waals surface area contributed by atoms with Crippen LogP contribution < -0.4 is 5.32 Å². The van der Waals surface area contributed by atoms with Crippen molar-refractivity contribution in [3.63, 3.8) is 0 Å². The molecule has 0 spiro atoms. The van der Waals surface area contributed by atoms with Gasteiger partial charge in [0.1, 0.15) is 0 Å². The summed E-state index contributed by atoms with van der Waals surface area (Å²) in [5, 5.41) is 12.3. The summed E-state index contributed by atoms with van der Waals surface area (Å²) in [4.78, 5) is 13.8. The van der Waals surface area contributed by atoms with Crippen LogP contribution in [0.1, 0.15) is 12.0 Å². The van der Waals surface area contributed by atoms with Crippen molar-refractivity contribution >= 4 is 27.5 Å². The predicted molar refractivity (Wildman–Crippen MR) is 74.6 cm³/mol. The van der Waals surface area contributed by atoms with Crippen molar-refractivity contribution in [1.29, 1.82) is 0 Å². The number of rotatable bonds is 3. The minimum absolute atomic E-state index is 0.0328. The highest BCUT2D eigenvalue weighted by atomic mass is 79.9. The number of aliphatic hydroxyl groups excluding tert-OH is 1. The van der Waals surface area contributed by atoms with E-state index in [1.165, 1.54) is 0 Å². The van der Waals surface area contributed by atoms with Crippen LogP contribution in [0.3, 0.4) is 0 Å². The molecule has 0 aromatic heterocycles. The molecule has 98 valence electrons. The Hall–Kier alpha value is -0.910. The summed E-state index contributed by atoms with van der Waals surface area (Å²) >= 11 is 3.39. The van der Waals surface area contributed by atoms with E-state index in [0.29, 0.717) is 13.1 Å². The van der Waals surface area contributed by atoms with Gasteiger partial charge in [0, 0.05) is 23.2 Å². The van der Waals surface area contributed by atoms with Gasteiger partial charge in [-0.25, -0.2) is 0 Å². The topological polar surface area (TPSA) is 52.6 Å². The first kappa shape index (κ1) is 13.5. The summed E-state index contributed by atoms with van der Waals surface area (Å²) < 4.78 is 1.00. The van der Waals surface area contributed by atoms with Gasteiger partial charge < -0.3 is 10.4 Å². The number of aliphatic hydroxyl groups is 1. The fraction of sp³-hybridized carbons (Fsp3) is 0.462. The van der Waals surface area contributed by atoms with E-state index in [9.17, 15) is 9.90 Å². The molecule has 0 aliphatic carbocycles. The van der Waals surface area contributed by atoms with Crippen molar-refractivity contribution in [2.45, 2.75) is 19.4 Å². The standard InChI is InChI=1S/C13H17BrN2O2/c1-9-6-10(14)2-3-12(9)15-13(18)8-16-5-4-11(17)7-16/h2-3,6,11,17H,4-5,7-8H2,1H3,(H,15,18). The number of nitrogens with one attached hydrogen (secondary N) is 1. The van der Waals surface area contributed by atoms with Crippen molar-refractivity contribution in [3.8, 4) is 0 Å². The lowest BCUT2D eigenvalue weighted by Gasteiger charge is -2.15. The zero-order chi connectivity index (χ0) is 13.1. The molecule has 0 radical (unpaired) electrons. The summed E-state index contributed by atoms with van der Waals surface area (Å²) in [5.74, 6) is -0.0328. The van der Waals surface area contributed by atoms with Crippen LogP contribution in [0.2, 0.25) is 0 Å². The minimum atomic E-state index is -0.285. The number of likely N-dealkylation sites (tertiary alicyclic amines) is 1. The van der Waals surface area contributed by atoms with Crippen LogP contribution in [-0.4, -0.2) is 41.7 Å². The molecule has 0 bridgehead atoms. The number of halogens is 1. The Morgan fingerprint density at radius 3 is 3.00 bits per heavy atom. The second-order valence-corrected chi connectivity index (χ2v) is 5.60. The number of carbonyl (C=O) groups excluding carboxylic acids is 1. The molecule has 1 aromatic rings. The van der Waals surface area contributed by atoms with Gasteiger partial charge in [-0.2, -0.15) is 0 Å². The number of anilines is 1. The maximum absolute atomic E-state index is 11.9. The zero-order valence-electron chi connectivity index (χ0n) is 10.3. The van der Waals surface area contributed by atoms with Gasteiger partial charge in [0.05, 0.1) is 12.6 Å². The Balaban J connectivity index is 1.91. The van der Waals surface area contributed by atoms with Crippen molar-refractivity contribution in [2.75, 3.05) is 25.0 Å². The average molecular weight is 313 g/mol. The molecular weight excluding hydrogens is 296 g/mol. The van der Waals surface area contributed by atoms with Gasteiger partial charge in [0.2, 0.25) is 5.91 Å². The van der Waals surface area contributed by atoms with E-state index < -0.39 is 0 Å². The van der Waals surface area contributed by atoms with Crippen LogP contribution in [-0.2, 0) is 4.79 Å². The van der Waals surface area contributed by atoms with E-state index in [4.69, 9.17) is 0 Å². The van der Waals surface area contributed by atoms with E-state index in [-0.39, 0.29) is 12.0 Å². The van der Waals surface area contributed by atoms with Gasteiger partial charge in [-0.15, -0.1) is 0 Å². The molecule has 0 saturated carbocycles. The molecule has 18 heavy (non-hydrogen) atoms. The fourth-order valence-electron chi connectivity index (χ4n) is 2.12. The predicted octanol–water partition coefficient (Wildman–Crippen LogP) is 1.76.